The molecule has 0 N–H and O–H groups in total. The van der Waals surface area contributed by atoms with E-state index in [2.05, 4.69) is 24.3 Å². The van der Waals surface area contributed by atoms with E-state index in [1.807, 2.05) is 48.5 Å². The van der Waals surface area contributed by atoms with Gasteiger partial charge in [0.1, 0.15) is 0 Å². The Labute approximate surface area is 158 Å². The third-order valence-electron chi connectivity index (χ3n) is 4.62. The Morgan fingerprint density at radius 2 is 1.40 bits per heavy atom. The van der Waals surface area contributed by atoms with Crippen LogP contribution in [0.15, 0.2) is 77.8 Å². The maximum absolute atomic E-state index is 6.31. The van der Waals surface area contributed by atoms with E-state index in [1.165, 1.54) is 16.7 Å². The van der Waals surface area contributed by atoms with Crippen molar-refractivity contribution in [1.82, 2.24) is 0 Å². The first-order valence-electron chi connectivity index (χ1n) is 8.38. The van der Waals surface area contributed by atoms with Crippen LogP contribution in [0.3, 0.4) is 0 Å². The summed E-state index contributed by atoms with van der Waals surface area (Å²) in [7, 11) is 0. The highest BCUT2D eigenvalue weighted by atomic mass is 35.5. The minimum absolute atomic E-state index is 0.213. The van der Waals surface area contributed by atoms with Crippen LogP contribution in [0.4, 0.5) is 0 Å². The van der Waals surface area contributed by atoms with E-state index in [4.69, 9.17) is 28.2 Å². The molecule has 1 aliphatic rings. The van der Waals surface area contributed by atoms with Gasteiger partial charge < -0.3 is 0 Å². The summed E-state index contributed by atoms with van der Waals surface area (Å²) in [5.74, 6) is 0. The number of aliphatic imine (C=N–C) groups is 1. The summed E-state index contributed by atoms with van der Waals surface area (Å²) in [4.78, 5) is 4.92. The summed E-state index contributed by atoms with van der Waals surface area (Å²) in [5, 5.41) is 1.53. The number of hydrogen-bond acceptors (Lipinski definition) is 1. The quantitative estimate of drug-likeness (QED) is 0.474. The molecule has 1 nitrogen and oxygen atoms in total. The molecule has 1 heterocycles. The molecule has 25 heavy (non-hydrogen) atoms. The molecule has 0 fully saturated rings. The lowest BCUT2D eigenvalue weighted by atomic mass is 9.99. The molecule has 4 rings (SSSR count). The Bertz CT molecular complexity index is 912. The van der Waals surface area contributed by atoms with Gasteiger partial charge in [0.05, 0.1) is 6.04 Å². The van der Waals surface area contributed by atoms with E-state index >= 15 is 0 Å². The van der Waals surface area contributed by atoms with Crippen LogP contribution in [0.25, 0.3) is 11.1 Å². The van der Waals surface area contributed by atoms with E-state index < -0.39 is 0 Å². The van der Waals surface area contributed by atoms with Crippen LogP contribution < -0.4 is 0 Å². The molecule has 3 aromatic carbocycles. The highest BCUT2D eigenvalue weighted by Crippen LogP contribution is 2.33. The number of rotatable bonds is 3. The monoisotopic (exact) mass is 365 g/mol. The van der Waals surface area contributed by atoms with Gasteiger partial charge in [-0.2, -0.15) is 0 Å². The summed E-state index contributed by atoms with van der Waals surface area (Å²) < 4.78 is 0. The third kappa shape index (κ3) is 3.49. The largest absolute Gasteiger partial charge is 0.281 e. The Hall–Kier alpha value is -2.09. The van der Waals surface area contributed by atoms with Gasteiger partial charge >= 0.3 is 0 Å². The zero-order chi connectivity index (χ0) is 17.2. The minimum Gasteiger partial charge on any atom is -0.281 e. The van der Waals surface area contributed by atoms with E-state index in [1.54, 1.807) is 0 Å². The first kappa shape index (κ1) is 16.4. The van der Waals surface area contributed by atoms with E-state index in [9.17, 15) is 0 Å². The summed E-state index contributed by atoms with van der Waals surface area (Å²) in [6.07, 6.45) is 1.99. The molecule has 0 aromatic heterocycles. The first-order chi connectivity index (χ1) is 12.2. The summed E-state index contributed by atoms with van der Waals surface area (Å²) >= 11 is 12.3. The molecular formula is C22H17Cl2N. The van der Waals surface area contributed by atoms with Gasteiger partial charge in [0.25, 0.3) is 0 Å². The van der Waals surface area contributed by atoms with Crippen molar-refractivity contribution in [3.8, 4) is 11.1 Å². The molecule has 0 saturated heterocycles. The summed E-state index contributed by atoms with van der Waals surface area (Å²) in [5.41, 5.74) is 5.78. The van der Waals surface area contributed by atoms with Crippen LogP contribution in [0.2, 0.25) is 10.0 Å². The number of hydrogen-bond donors (Lipinski definition) is 0. The van der Waals surface area contributed by atoms with Gasteiger partial charge in [-0.1, -0.05) is 77.8 Å². The maximum Gasteiger partial charge on any atom is 0.0756 e. The Morgan fingerprint density at radius 3 is 2.08 bits per heavy atom. The molecule has 0 amide bonds. The Balaban J connectivity index is 1.57. The number of halogens is 2. The van der Waals surface area contributed by atoms with Crippen LogP contribution in [0, 0.1) is 0 Å². The van der Waals surface area contributed by atoms with Gasteiger partial charge in [0, 0.05) is 21.3 Å². The molecule has 0 radical (unpaired) electrons. The van der Waals surface area contributed by atoms with Crippen molar-refractivity contribution >= 4 is 28.9 Å². The fourth-order valence-corrected chi connectivity index (χ4v) is 3.64. The first-order valence-corrected chi connectivity index (χ1v) is 9.14. The lowest BCUT2D eigenvalue weighted by Crippen LogP contribution is -1.96. The molecule has 0 spiro atoms. The van der Waals surface area contributed by atoms with Crippen molar-refractivity contribution in [2.24, 2.45) is 4.99 Å². The van der Waals surface area contributed by atoms with Crippen molar-refractivity contribution < 1.29 is 0 Å². The van der Waals surface area contributed by atoms with Crippen LogP contribution in [-0.2, 0) is 0 Å². The van der Waals surface area contributed by atoms with Crippen molar-refractivity contribution in [2.75, 3.05) is 0 Å². The second kappa shape index (κ2) is 7.03. The van der Waals surface area contributed by atoms with Gasteiger partial charge in [-0.3, -0.25) is 4.99 Å². The average molecular weight is 366 g/mol. The van der Waals surface area contributed by atoms with Crippen molar-refractivity contribution in [3.05, 3.63) is 94.0 Å². The van der Waals surface area contributed by atoms with Crippen molar-refractivity contribution in [3.63, 3.8) is 0 Å². The molecular weight excluding hydrogens is 349 g/mol. The molecule has 124 valence electrons. The van der Waals surface area contributed by atoms with Gasteiger partial charge in [-0.05, 0) is 47.7 Å². The highest BCUT2D eigenvalue weighted by molar-refractivity contribution is 6.34. The second-order valence-corrected chi connectivity index (χ2v) is 7.08. The SMILES string of the molecule is Clc1ccc(-c2ccc(C3CCC(c4ccccc4Cl)=N3)cc2)cc1. The molecule has 1 aliphatic heterocycles. The average Bonchev–Trinajstić information content (AvgIpc) is 3.13. The molecule has 3 aromatic rings. The second-order valence-electron chi connectivity index (χ2n) is 6.24. The summed E-state index contributed by atoms with van der Waals surface area (Å²) in [6.45, 7) is 0. The number of nitrogens with zero attached hydrogens (tertiary/aromatic N) is 1. The summed E-state index contributed by atoms with van der Waals surface area (Å²) in [6, 6.07) is 24.7. The number of benzene rings is 3. The van der Waals surface area contributed by atoms with Gasteiger partial charge in [-0.25, -0.2) is 0 Å². The molecule has 1 unspecified atom stereocenters. The van der Waals surface area contributed by atoms with E-state index in [0.717, 1.165) is 34.2 Å². The predicted octanol–water partition coefficient (Wildman–Crippen LogP) is 6.98. The van der Waals surface area contributed by atoms with E-state index in [0.29, 0.717) is 0 Å². The molecule has 0 aliphatic carbocycles. The van der Waals surface area contributed by atoms with E-state index in [-0.39, 0.29) is 6.04 Å². The standard InChI is InChI=1S/C22H17Cl2N/c23-18-11-9-16(10-12-18)15-5-7-17(8-6-15)21-13-14-22(25-21)19-3-1-2-4-20(19)24/h1-12,21H,13-14H2. The van der Waals surface area contributed by atoms with Crippen molar-refractivity contribution in [1.29, 1.82) is 0 Å². The lowest BCUT2D eigenvalue weighted by Gasteiger charge is -2.08. The highest BCUT2D eigenvalue weighted by Gasteiger charge is 2.21. The zero-order valence-electron chi connectivity index (χ0n) is 13.6. The van der Waals surface area contributed by atoms with Crippen molar-refractivity contribution in [2.45, 2.75) is 18.9 Å². The molecule has 1 atom stereocenters. The smallest absolute Gasteiger partial charge is 0.0756 e. The normalized spacial score (nSPS) is 16.7. The Kier molecular flexibility index (Phi) is 4.61. The zero-order valence-corrected chi connectivity index (χ0v) is 15.1. The van der Waals surface area contributed by atoms with Crippen LogP contribution in [0.1, 0.15) is 30.0 Å². The van der Waals surface area contributed by atoms with Gasteiger partial charge in [-0.15, -0.1) is 0 Å². The van der Waals surface area contributed by atoms with Crippen LogP contribution >= 0.6 is 23.2 Å². The minimum atomic E-state index is 0.213. The van der Waals surface area contributed by atoms with Gasteiger partial charge in [0.15, 0.2) is 0 Å². The lowest BCUT2D eigenvalue weighted by molar-refractivity contribution is 0.723. The van der Waals surface area contributed by atoms with Crippen LogP contribution in [0.5, 0.6) is 0 Å². The maximum atomic E-state index is 6.31. The van der Waals surface area contributed by atoms with Crippen LogP contribution in [-0.4, -0.2) is 5.71 Å². The predicted molar refractivity (Wildman–Crippen MR) is 107 cm³/mol. The Morgan fingerprint density at radius 1 is 0.760 bits per heavy atom. The fourth-order valence-electron chi connectivity index (χ4n) is 3.27. The molecule has 3 heteroatoms. The topological polar surface area (TPSA) is 12.4 Å². The third-order valence-corrected chi connectivity index (χ3v) is 5.21. The van der Waals surface area contributed by atoms with Gasteiger partial charge in [0.2, 0.25) is 0 Å². The molecule has 0 saturated carbocycles. The fraction of sp³-hybridized carbons (Fsp3) is 0.136. The molecule has 0 bridgehead atoms.